The van der Waals surface area contributed by atoms with E-state index in [4.69, 9.17) is 4.52 Å². The Labute approximate surface area is 179 Å². The molecule has 154 valence electrons. The van der Waals surface area contributed by atoms with Crippen molar-refractivity contribution in [3.05, 3.63) is 76.7 Å². The number of pyridine rings is 1. The highest BCUT2D eigenvalue weighted by atomic mass is 19.1. The van der Waals surface area contributed by atoms with Crippen LogP contribution in [0.2, 0.25) is 0 Å². The van der Waals surface area contributed by atoms with E-state index in [-0.39, 0.29) is 5.82 Å². The molecular weight excluding hydrogens is 389 g/mol. The highest BCUT2D eigenvalue weighted by molar-refractivity contribution is 5.85. The maximum atomic E-state index is 14.3. The molecule has 31 heavy (non-hydrogen) atoms. The third-order valence-corrected chi connectivity index (χ3v) is 6.11. The molecule has 0 fully saturated rings. The van der Waals surface area contributed by atoms with Crippen LogP contribution in [-0.4, -0.2) is 10.1 Å². The van der Waals surface area contributed by atoms with Crippen molar-refractivity contribution in [2.24, 2.45) is 7.05 Å². The molecule has 4 nitrogen and oxygen atoms in total. The minimum Gasteiger partial charge on any atom is -0.334 e. The van der Waals surface area contributed by atoms with Crippen LogP contribution < -0.4 is 15.0 Å². The molecule has 5 heteroatoms. The van der Waals surface area contributed by atoms with Gasteiger partial charge in [0.2, 0.25) is 11.2 Å². The fourth-order valence-electron chi connectivity index (χ4n) is 4.66. The second-order valence-electron chi connectivity index (χ2n) is 7.89. The Morgan fingerprint density at radius 1 is 1.16 bits per heavy atom. The Balaban J connectivity index is 1.98. The van der Waals surface area contributed by atoms with Crippen molar-refractivity contribution in [3.8, 4) is 22.7 Å². The van der Waals surface area contributed by atoms with Crippen molar-refractivity contribution in [1.82, 2.24) is 10.1 Å². The van der Waals surface area contributed by atoms with Gasteiger partial charge in [0.05, 0.1) is 16.2 Å². The molecule has 0 atom stereocenters. The van der Waals surface area contributed by atoms with Gasteiger partial charge >= 0.3 is 0 Å². The van der Waals surface area contributed by atoms with Crippen LogP contribution >= 0.6 is 0 Å². The van der Waals surface area contributed by atoms with Gasteiger partial charge in [-0.2, -0.15) is 9.55 Å². The standard InChI is InChI=1S/C26H23FN3O/c1-5-16-7-8-17-9-11-19(27)14-22(17)25-24(16)20(6-2)21-12-10-18(13-23(21)30(25)4)26-28-15(3)29-31-26/h5-6,9-14H,1,7-8H2,2-4H3/q+1/b20-6-. The number of aryl methyl sites for hydroxylation is 3. The highest BCUT2D eigenvalue weighted by Crippen LogP contribution is 2.27. The van der Waals surface area contributed by atoms with Crippen molar-refractivity contribution < 1.29 is 13.5 Å². The number of benzene rings is 2. The molecule has 0 radical (unpaired) electrons. The lowest BCUT2D eigenvalue weighted by molar-refractivity contribution is -0.634. The molecule has 1 aliphatic carbocycles. The summed E-state index contributed by atoms with van der Waals surface area (Å²) >= 11 is 0. The molecule has 0 saturated carbocycles. The average molecular weight is 412 g/mol. The third kappa shape index (κ3) is 3.00. The van der Waals surface area contributed by atoms with Gasteiger partial charge in [-0.3, -0.25) is 0 Å². The lowest BCUT2D eigenvalue weighted by atomic mass is 9.98. The molecule has 0 amide bonds. The quantitative estimate of drug-likeness (QED) is 0.469. The second-order valence-corrected chi connectivity index (χ2v) is 7.89. The number of nitrogens with zero attached hydrogens (tertiary/aromatic N) is 3. The largest absolute Gasteiger partial charge is 0.334 e. The molecule has 2 aromatic carbocycles. The molecule has 0 spiro atoms. The van der Waals surface area contributed by atoms with E-state index in [1.54, 1.807) is 19.1 Å². The molecule has 0 aliphatic heterocycles. The molecular formula is C26H23FN3O+. The van der Waals surface area contributed by atoms with E-state index < -0.39 is 0 Å². The SMILES string of the molecule is C=CC1=c2c([n+](C)c3cc(-c4nc(C)no4)ccc3/c2=C/C)-c2cc(F)ccc2CC1. The Hall–Kier alpha value is -3.60. The van der Waals surface area contributed by atoms with E-state index in [1.807, 2.05) is 32.2 Å². The summed E-state index contributed by atoms with van der Waals surface area (Å²) in [6.45, 7) is 7.93. The predicted molar refractivity (Wildman–Crippen MR) is 120 cm³/mol. The van der Waals surface area contributed by atoms with Gasteiger partial charge in [-0.25, -0.2) is 4.39 Å². The Bertz CT molecular complexity index is 1500. The van der Waals surface area contributed by atoms with E-state index in [0.29, 0.717) is 11.7 Å². The zero-order chi connectivity index (χ0) is 21.7. The van der Waals surface area contributed by atoms with E-state index in [9.17, 15) is 4.39 Å². The number of aromatic nitrogens is 3. The zero-order valence-corrected chi connectivity index (χ0v) is 17.9. The number of fused-ring (bicyclic) bond motifs is 4. The first-order valence-electron chi connectivity index (χ1n) is 10.4. The Morgan fingerprint density at radius 3 is 2.71 bits per heavy atom. The average Bonchev–Trinajstić information content (AvgIpc) is 3.14. The van der Waals surface area contributed by atoms with Gasteiger partial charge < -0.3 is 4.52 Å². The minimum absolute atomic E-state index is 0.232. The van der Waals surface area contributed by atoms with Crippen LogP contribution in [0.3, 0.4) is 0 Å². The summed E-state index contributed by atoms with van der Waals surface area (Å²) in [5, 5.41) is 7.28. The van der Waals surface area contributed by atoms with Gasteiger partial charge in [-0.05, 0) is 67.3 Å². The fourth-order valence-corrected chi connectivity index (χ4v) is 4.66. The molecule has 0 unspecified atom stereocenters. The molecule has 2 heterocycles. The van der Waals surface area contributed by atoms with Crippen molar-refractivity contribution in [1.29, 1.82) is 0 Å². The molecule has 0 N–H and O–H groups in total. The van der Waals surface area contributed by atoms with E-state index >= 15 is 0 Å². The van der Waals surface area contributed by atoms with Crippen LogP contribution in [0.15, 0.2) is 53.6 Å². The number of hydrogen-bond donors (Lipinski definition) is 0. The molecule has 2 aromatic heterocycles. The predicted octanol–water partition coefficient (Wildman–Crippen LogP) is 3.91. The van der Waals surface area contributed by atoms with Crippen LogP contribution in [-0.2, 0) is 13.5 Å². The maximum absolute atomic E-state index is 14.3. The Morgan fingerprint density at radius 2 is 2.00 bits per heavy atom. The summed E-state index contributed by atoms with van der Waals surface area (Å²) in [5.41, 5.74) is 6.11. The fraction of sp³-hybridized carbons (Fsp3) is 0.192. The summed E-state index contributed by atoms with van der Waals surface area (Å²) in [7, 11) is 2.03. The summed E-state index contributed by atoms with van der Waals surface area (Å²) in [6, 6.07) is 11.3. The van der Waals surface area contributed by atoms with Gasteiger partial charge in [0.25, 0.3) is 5.89 Å². The number of halogens is 1. The second kappa shape index (κ2) is 7.27. The van der Waals surface area contributed by atoms with Crippen molar-refractivity contribution >= 4 is 22.6 Å². The molecule has 1 aliphatic rings. The first-order valence-corrected chi connectivity index (χ1v) is 10.4. The van der Waals surface area contributed by atoms with Crippen LogP contribution in [0.5, 0.6) is 0 Å². The summed E-state index contributed by atoms with van der Waals surface area (Å²) in [6.07, 6.45) is 5.78. The van der Waals surface area contributed by atoms with Crippen LogP contribution in [0, 0.1) is 12.7 Å². The van der Waals surface area contributed by atoms with Crippen molar-refractivity contribution in [3.63, 3.8) is 0 Å². The van der Waals surface area contributed by atoms with E-state index in [2.05, 4.69) is 39.5 Å². The first-order chi connectivity index (χ1) is 15.0. The zero-order valence-electron chi connectivity index (χ0n) is 17.9. The van der Waals surface area contributed by atoms with Gasteiger partial charge in [0.1, 0.15) is 12.9 Å². The van der Waals surface area contributed by atoms with Crippen LogP contribution in [0.4, 0.5) is 4.39 Å². The van der Waals surface area contributed by atoms with E-state index in [1.165, 1.54) is 5.57 Å². The highest BCUT2D eigenvalue weighted by Gasteiger charge is 2.26. The van der Waals surface area contributed by atoms with Crippen LogP contribution in [0.25, 0.3) is 45.3 Å². The first kappa shape index (κ1) is 19.4. The third-order valence-electron chi connectivity index (χ3n) is 6.11. The molecule has 0 saturated heterocycles. The molecule has 0 bridgehead atoms. The summed E-state index contributed by atoms with van der Waals surface area (Å²) < 4.78 is 21.9. The smallest absolute Gasteiger partial charge is 0.258 e. The minimum atomic E-state index is -0.232. The topological polar surface area (TPSA) is 42.8 Å². The van der Waals surface area contributed by atoms with Crippen molar-refractivity contribution in [2.45, 2.75) is 26.7 Å². The summed E-state index contributed by atoms with van der Waals surface area (Å²) in [4.78, 5) is 4.37. The van der Waals surface area contributed by atoms with Crippen LogP contribution in [0.1, 0.15) is 24.7 Å². The lowest BCUT2D eigenvalue weighted by Crippen LogP contribution is -2.45. The number of rotatable bonds is 2. The van der Waals surface area contributed by atoms with E-state index in [0.717, 1.165) is 56.6 Å². The maximum Gasteiger partial charge on any atom is 0.258 e. The lowest BCUT2D eigenvalue weighted by Gasteiger charge is -2.10. The van der Waals surface area contributed by atoms with Gasteiger partial charge in [0, 0.05) is 11.6 Å². The van der Waals surface area contributed by atoms with Gasteiger partial charge in [0.15, 0.2) is 5.82 Å². The molecule has 4 aromatic rings. The molecule has 5 rings (SSSR count). The van der Waals surface area contributed by atoms with Crippen molar-refractivity contribution in [2.75, 3.05) is 0 Å². The Kier molecular flexibility index (Phi) is 4.54. The van der Waals surface area contributed by atoms with Gasteiger partial charge in [-0.15, -0.1) is 0 Å². The van der Waals surface area contributed by atoms with Gasteiger partial charge in [-0.1, -0.05) is 30.0 Å². The number of hydrogen-bond acceptors (Lipinski definition) is 3. The number of allylic oxidation sites excluding steroid dienone is 1. The normalized spacial score (nSPS) is 13.8. The summed E-state index contributed by atoms with van der Waals surface area (Å²) in [5.74, 6) is 0.851. The monoisotopic (exact) mass is 412 g/mol.